The average molecular weight is 443 g/mol. The molecule has 0 saturated heterocycles. The van der Waals surface area contributed by atoms with Crippen LogP contribution in [-0.2, 0) is 13.6 Å². The smallest absolute Gasteiger partial charge is 0.256 e. The van der Waals surface area contributed by atoms with Crippen molar-refractivity contribution in [3.63, 3.8) is 0 Å². The van der Waals surface area contributed by atoms with E-state index in [2.05, 4.69) is 15.5 Å². The predicted octanol–water partition coefficient (Wildman–Crippen LogP) is 4.79. The highest BCUT2D eigenvalue weighted by Gasteiger charge is 2.15. The molecule has 0 aliphatic rings. The maximum Gasteiger partial charge on any atom is 0.256 e. The fourth-order valence-electron chi connectivity index (χ4n) is 3.60. The van der Waals surface area contributed by atoms with Crippen molar-refractivity contribution in [2.45, 2.75) is 6.54 Å². The van der Waals surface area contributed by atoms with Gasteiger partial charge < -0.3 is 5.32 Å². The van der Waals surface area contributed by atoms with Gasteiger partial charge in [-0.1, -0.05) is 41.9 Å². The molecule has 2 aromatic carbocycles. The number of nitrogens with zero attached hydrogens (tertiary/aromatic N) is 5. The maximum absolute atomic E-state index is 13.2. The number of rotatable bonds is 5. The zero-order valence-corrected chi connectivity index (χ0v) is 18.0. The fraction of sp³-hybridized carbons (Fsp3) is 0.0833. The third kappa shape index (κ3) is 4.10. The van der Waals surface area contributed by atoms with Crippen molar-refractivity contribution in [2.24, 2.45) is 7.05 Å². The number of anilines is 1. The van der Waals surface area contributed by atoms with Gasteiger partial charge in [0.1, 0.15) is 0 Å². The number of hydrogen-bond acceptors (Lipinski definition) is 4. The van der Waals surface area contributed by atoms with Crippen LogP contribution < -0.4 is 5.32 Å². The zero-order chi connectivity index (χ0) is 22.1. The summed E-state index contributed by atoms with van der Waals surface area (Å²) in [7, 11) is 1.85. The lowest BCUT2D eigenvalue weighted by atomic mass is 10.0. The number of hydrogen-bond donors (Lipinski definition) is 1. The Morgan fingerprint density at radius 1 is 1.03 bits per heavy atom. The molecule has 0 aliphatic carbocycles. The second-order valence-corrected chi connectivity index (χ2v) is 7.92. The normalized spacial score (nSPS) is 11.1. The lowest BCUT2D eigenvalue weighted by Gasteiger charge is -2.09. The first-order chi connectivity index (χ1) is 15.5. The predicted molar refractivity (Wildman–Crippen MR) is 125 cm³/mol. The first-order valence-electron chi connectivity index (χ1n) is 10.0. The van der Waals surface area contributed by atoms with E-state index < -0.39 is 0 Å². The molecular weight excluding hydrogens is 424 g/mol. The Bertz CT molecular complexity index is 1440. The largest absolute Gasteiger partial charge is 0.319 e. The average Bonchev–Trinajstić information content (AvgIpc) is 3.41. The molecule has 0 unspecified atom stereocenters. The van der Waals surface area contributed by atoms with E-state index >= 15 is 0 Å². The molecule has 0 aliphatic heterocycles. The number of carbonyl (C=O) groups is 1. The van der Waals surface area contributed by atoms with Gasteiger partial charge in [-0.15, -0.1) is 0 Å². The topological polar surface area (TPSA) is 77.6 Å². The Hall–Kier alpha value is -3.97. The molecule has 32 heavy (non-hydrogen) atoms. The number of fused-ring (bicyclic) bond motifs is 1. The van der Waals surface area contributed by atoms with Gasteiger partial charge in [0.15, 0.2) is 0 Å². The SMILES string of the molecule is Cn1cc(-c2cc(C(=O)Nc3cnn(Cc4cccc(Cl)c4)c3)c3ccccc3n2)cn1. The highest BCUT2D eigenvalue weighted by Crippen LogP contribution is 2.25. The van der Waals surface area contributed by atoms with Crippen LogP contribution in [0, 0.1) is 0 Å². The van der Waals surface area contributed by atoms with Crippen molar-refractivity contribution in [3.8, 4) is 11.3 Å². The first kappa shape index (κ1) is 20.0. The summed E-state index contributed by atoms with van der Waals surface area (Å²) < 4.78 is 3.47. The van der Waals surface area contributed by atoms with Crippen LogP contribution in [0.25, 0.3) is 22.2 Å². The lowest BCUT2D eigenvalue weighted by molar-refractivity contribution is 0.102. The van der Waals surface area contributed by atoms with E-state index in [1.54, 1.807) is 34.0 Å². The van der Waals surface area contributed by atoms with Gasteiger partial charge in [0, 0.05) is 35.4 Å². The zero-order valence-electron chi connectivity index (χ0n) is 17.2. The third-order valence-corrected chi connectivity index (χ3v) is 5.32. The van der Waals surface area contributed by atoms with Crippen molar-refractivity contribution < 1.29 is 4.79 Å². The van der Waals surface area contributed by atoms with Crippen molar-refractivity contribution in [1.29, 1.82) is 0 Å². The number of para-hydroxylation sites is 1. The van der Waals surface area contributed by atoms with Crippen molar-refractivity contribution in [2.75, 3.05) is 5.32 Å². The molecule has 3 aromatic heterocycles. The Kier molecular flexibility index (Phi) is 5.17. The lowest BCUT2D eigenvalue weighted by Crippen LogP contribution is -2.12. The molecule has 0 spiro atoms. The molecule has 8 heteroatoms. The van der Waals surface area contributed by atoms with Crippen LogP contribution in [0.15, 0.2) is 79.4 Å². The molecule has 0 radical (unpaired) electrons. The van der Waals surface area contributed by atoms with Crippen LogP contribution in [0.4, 0.5) is 5.69 Å². The standard InChI is InChI=1S/C24H19ClN6O/c1-30-14-17(11-26-30)23-10-21(20-7-2-3-8-22(20)29-23)24(32)28-19-12-27-31(15-19)13-16-5-4-6-18(25)9-16/h2-12,14-15H,13H2,1H3,(H,28,32). The number of nitrogens with one attached hydrogen (secondary N) is 1. The number of carbonyl (C=O) groups excluding carboxylic acids is 1. The van der Waals surface area contributed by atoms with Crippen LogP contribution in [0.5, 0.6) is 0 Å². The second-order valence-electron chi connectivity index (χ2n) is 7.49. The maximum atomic E-state index is 13.2. The molecule has 0 bridgehead atoms. The fourth-order valence-corrected chi connectivity index (χ4v) is 3.81. The number of halogens is 1. The van der Waals surface area contributed by atoms with Gasteiger partial charge in [0.05, 0.1) is 41.4 Å². The monoisotopic (exact) mass is 442 g/mol. The van der Waals surface area contributed by atoms with E-state index in [1.807, 2.05) is 61.8 Å². The van der Waals surface area contributed by atoms with Gasteiger partial charge in [0.25, 0.3) is 5.91 Å². The number of amides is 1. The minimum Gasteiger partial charge on any atom is -0.319 e. The summed E-state index contributed by atoms with van der Waals surface area (Å²) in [5, 5.41) is 13.0. The van der Waals surface area contributed by atoms with Crippen molar-refractivity contribution in [1.82, 2.24) is 24.5 Å². The van der Waals surface area contributed by atoms with E-state index in [1.165, 1.54) is 0 Å². The highest BCUT2D eigenvalue weighted by molar-refractivity contribution is 6.30. The van der Waals surface area contributed by atoms with Crippen LogP contribution in [0.2, 0.25) is 5.02 Å². The molecule has 7 nitrogen and oxygen atoms in total. The summed E-state index contributed by atoms with van der Waals surface area (Å²) >= 11 is 6.06. The number of aromatic nitrogens is 5. The van der Waals surface area contributed by atoms with E-state index in [4.69, 9.17) is 16.6 Å². The summed E-state index contributed by atoms with van der Waals surface area (Å²) in [5.74, 6) is -0.226. The molecule has 1 N–H and O–H groups in total. The highest BCUT2D eigenvalue weighted by atomic mass is 35.5. The van der Waals surface area contributed by atoms with Gasteiger partial charge in [-0.3, -0.25) is 14.2 Å². The Labute approximate surface area is 189 Å². The molecule has 5 aromatic rings. The molecule has 1 amide bonds. The third-order valence-electron chi connectivity index (χ3n) is 5.09. The van der Waals surface area contributed by atoms with E-state index in [0.29, 0.717) is 28.5 Å². The van der Waals surface area contributed by atoms with E-state index in [9.17, 15) is 4.79 Å². The summed E-state index contributed by atoms with van der Waals surface area (Å²) in [6, 6.07) is 17.0. The number of pyridine rings is 1. The first-order valence-corrected chi connectivity index (χ1v) is 10.4. The van der Waals surface area contributed by atoms with Crippen LogP contribution in [-0.4, -0.2) is 30.5 Å². The van der Waals surface area contributed by atoms with Crippen LogP contribution >= 0.6 is 11.6 Å². The van der Waals surface area contributed by atoms with Crippen molar-refractivity contribution in [3.05, 3.63) is 95.5 Å². The molecule has 3 heterocycles. The molecule has 0 atom stereocenters. The van der Waals surface area contributed by atoms with Crippen LogP contribution in [0.3, 0.4) is 0 Å². The van der Waals surface area contributed by atoms with Gasteiger partial charge in [-0.2, -0.15) is 10.2 Å². The summed E-state index contributed by atoms with van der Waals surface area (Å²) in [5.41, 5.74) is 4.47. The quantitative estimate of drug-likeness (QED) is 0.424. The van der Waals surface area contributed by atoms with Crippen molar-refractivity contribution >= 4 is 34.1 Å². The Balaban J connectivity index is 1.43. The van der Waals surface area contributed by atoms with Gasteiger partial charge in [-0.05, 0) is 29.8 Å². The van der Waals surface area contributed by atoms with Gasteiger partial charge >= 0.3 is 0 Å². The molecule has 5 rings (SSSR count). The molecule has 158 valence electrons. The van der Waals surface area contributed by atoms with Gasteiger partial charge in [0.2, 0.25) is 0 Å². The Morgan fingerprint density at radius 3 is 2.72 bits per heavy atom. The summed E-state index contributed by atoms with van der Waals surface area (Å²) in [4.78, 5) is 17.9. The minimum atomic E-state index is -0.226. The molecular formula is C24H19ClN6O. The summed E-state index contributed by atoms with van der Waals surface area (Å²) in [6.45, 7) is 0.555. The number of aryl methyl sites for hydroxylation is 1. The number of benzene rings is 2. The van der Waals surface area contributed by atoms with Gasteiger partial charge in [-0.25, -0.2) is 4.98 Å². The van der Waals surface area contributed by atoms with E-state index in [-0.39, 0.29) is 5.91 Å². The second kappa shape index (κ2) is 8.28. The Morgan fingerprint density at radius 2 is 1.91 bits per heavy atom. The molecule has 0 fully saturated rings. The molecule has 0 saturated carbocycles. The summed E-state index contributed by atoms with van der Waals surface area (Å²) in [6.07, 6.45) is 7.04. The van der Waals surface area contributed by atoms with E-state index in [0.717, 1.165) is 22.0 Å². The minimum absolute atomic E-state index is 0.226. The van der Waals surface area contributed by atoms with Crippen LogP contribution in [0.1, 0.15) is 15.9 Å².